The van der Waals surface area contributed by atoms with Gasteiger partial charge in [-0.15, -0.1) is 25.6 Å². The maximum atomic E-state index is 12.3. The maximum absolute atomic E-state index is 12.3. The van der Waals surface area contributed by atoms with Crippen LogP contribution in [0.3, 0.4) is 0 Å². The highest BCUT2D eigenvalue weighted by atomic mass is 35.5. The second-order valence-electron chi connectivity index (χ2n) is 5.23. The van der Waals surface area contributed by atoms with Gasteiger partial charge in [0.2, 0.25) is 0 Å². The summed E-state index contributed by atoms with van der Waals surface area (Å²) in [6.07, 6.45) is -3.96. The van der Waals surface area contributed by atoms with Gasteiger partial charge in [-0.05, 0) is 37.5 Å². The van der Waals surface area contributed by atoms with E-state index in [0.29, 0.717) is 13.1 Å². The Bertz CT molecular complexity index is 523. The second kappa shape index (κ2) is 7.19. The Morgan fingerprint density at radius 2 is 2.14 bits per heavy atom. The Morgan fingerprint density at radius 3 is 2.68 bits per heavy atom. The Kier molecular flexibility index (Phi) is 6.08. The van der Waals surface area contributed by atoms with Gasteiger partial charge in [0.25, 0.3) is 5.91 Å². The summed E-state index contributed by atoms with van der Waals surface area (Å²) in [4.78, 5) is 13.9. The van der Waals surface area contributed by atoms with Crippen LogP contribution in [0, 0.1) is 5.92 Å². The number of nitrogens with zero attached hydrogens (tertiary/aromatic N) is 1. The van der Waals surface area contributed by atoms with E-state index in [1.165, 1.54) is 18.2 Å². The van der Waals surface area contributed by atoms with Gasteiger partial charge in [0.15, 0.2) is 0 Å². The molecule has 22 heavy (non-hydrogen) atoms. The van der Waals surface area contributed by atoms with Crippen molar-refractivity contribution in [1.82, 2.24) is 4.90 Å². The van der Waals surface area contributed by atoms with Crippen LogP contribution in [0.5, 0.6) is 5.75 Å². The van der Waals surface area contributed by atoms with E-state index >= 15 is 0 Å². The van der Waals surface area contributed by atoms with Crippen molar-refractivity contribution >= 4 is 18.3 Å². The molecule has 1 aromatic rings. The van der Waals surface area contributed by atoms with E-state index in [0.717, 1.165) is 12.5 Å². The van der Waals surface area contributed by atoms with Crippen LogP contribution < -0.4 is 10.5 Å². The number of halogens is 4. The molecule has 124 valence electrons. The molecule has 0 bridgehead atoms. The van der Waals surface area contributed by atoms with Gasteiger partial charge in [0, 0.05) is 24.7 Å². The third-order valence-corrected chi connectivity index (χ3v) is 3.57. The van der Waals surface area contributed by atoms with Crippen LogP contribution in [-0.4, -0.2) is 36.3 Å². The average Bonchev–Trinajstić information content (AvgIpc) is 2.85. The number of carbonyl (C=O) groups excluding carboxylic acids is 1. The number of rotatable bonds is 3. The van der Waals surface area contributed by atoms with Gasteiger partial charge in [-0.3, -0.25) is 4.79 Å². The molecule has 2 rings (SSSR count). The van der Waals surface area contributed by atoms with E-state index in [4.69, 9.17) is 5.73 Å². The molecular formula is C14H18ClF3N2O2. The lowest BCUT2D eigenvalue weighted by Gasteiger charge is -2.18. The predicted octanol–water partition coefficient (Wildman–Crippen LogP) is 2.82. The molecule has 8 heteroatoms. The van der Waals surface area contributed by atoms with Crippen LogP contribution in [0.4, 0.5) is 13.2 Å². The molecule has 2 atom stereocenters. The lowest BCUT2D eigenvalue weighted by atomic mass is 10.0. The summed E-state index contributed by atoms with van der Waals surface area (Å²) in [5, 5.41) is 0. The molecule has 0 aliphatic carbocycles. The first-order valence-electron chi connectivity index (χ1n) is 6.67. The minimum atomic E-state index is -4.77. The van der Waals surface area contributed by atoms with Crippen LogP contribution in [-0.2, 0) is 0 Å². The van der Waals surface area contributed by atoms with Gasteiger partial charge in [-0.2, -0.15) is 0 Å². The average molecular weight is 339 g/mol. The summed E-state index contributed by atoms with van der Waals surface area (Å²) in [7, 11) is 0. The third kappa shape index (κ3) is 4.78. The van der Waals surface area contributed by atoms with Crippen LogP contribution >= 0.6 is 12.4 Å². The lowest BCUT2D eigenvalue weighted by molar-refractivity contribution is -0.274. The van der Waals surface area contributed by atoms with Crippen molar-refractivity contribution in [3.8, 4) is 5.75 Å². The first-order chi connectivity index (χ1) is 9.76. The van der Waals surface area contributed by atoms with Crippen LogP contribution in [0.1, 0.15) is 23.7 Å². The molecule has 2 N–H and O–H groups in total. The monoisotopic (exact) mass is 338 g/mol. The molecular weight excluding hydrogens is 321 g/mol. The number of hydrogen-bond acceptors (Lipinski definition) is 3. The molecule has 1 aliphatic rings. The quantitative estimate of drug-likeness (QED) is 0.922. The van der Waals surface area contributed by atoms with Gasteiger partial charge >= 0.3 is 6.36 Å². The van der Waals surface area contributed by atoms with E-state index in [2.05, 4.69) is 4.74 Å². The van der Waals surface area contributed by atoms with Crippen LogP contribution in [0.25, 0.3) is 0 Å². The van der Waals surface area contributed by atoms with Crippen LogP contribution in [0.2, 0.25) is 0 Å². The van der Waals surface area contributed by atoms with Gasteiger partial charge in [0.1, 0.15) is 5.75 Å². The molecule has 1 heterocycles. The van der Waals surface area contributed by atoms with E-state index in [-0.39, 0.29) is 35.8 Å². The molecule has 1 saturated heterocycles. The van der Waals surface area contributed by atoms with Crippen molar-refractivity contribution in [1.29, 1.82) is 0 Å². The first kappa shape index (κ1) is 18.6. The van der Waals surface area contributed by atoms with Crippen molar-refractivity contribution in [3.05, 3.63) is 29.8 Å². The zero-order chi connectivity index (χ0) is 15.6. The standard InChI is InChI=1S/C14H17F3N2O2.ClH/c1-9(18)11-5-6-19(8-11)13(20)10-3-2-4-12(7-10)21-14(15,16)17;/h2-4,7,9,11H,5-6,8,18H2,1H3;1H. The number of benzene rings is 1. The summed E-state index contributed by atoms with van der Waals surface area (Å²) in [6, 6.07) is 5.11. The minimum Gasteiger partial charge on any atom is -0.406 e. The molecule has 0 saturated carbocycles. The normalized spacial score (nSPS) is 19.5. The van der Waals surface area contributed by atoms with Crippen molar-refractivity contribution in [3.63, 3.8) is 0 Å². The van der Waals surface area contributed by atoms with Crippen molar-refractivity contribution in [2.75, 3.05) is 13.1 Å². The zero-order valence-electron chi connectivity index (χ0n) is 12.0. The van der Waals surface area contributed by atoms with Crippen molar-refractivity contribution in [2.45, 2.75) is 25.7 Å². The molecule has 0 spiro atoms. The van der Waals surface area contributed by atoms with Gasteiger partial charge in [-0.25, -0.2) is 0 Å². The van der Waals surface area contributed by atoms with E-state index in [1.807, 2.05) is 6.92 Å². The summed E-state index contributed by atoms with van der Waals surface area (Å²) in [5.74, 6) is -0.467. The fourth-order valence-electron chi connectivity index (χ4n) is 2.41. The lowest BCUT2D eigenvalue weighted by Crippen LogP contribution is -2.33. The highest BCUT2D eigenvalue weighted by Crippen LogP contribution is 2.25. The maximum Gasteiger partial charge on any atom is 0.573 e. The number of nitrogens with two attached hydrogens (primary N) is 1. The fourth-order valence-corrected chi connectivity index (χ4v) is 2.41. The van der Waals surface area contributed by atoms with E-state index in [1.54, 1.807) is 4.90 Å². The minimum absolute atomic E-state index is 0. The number of carbonyl (C=O) groups is 1. The van der Waals surface area contributed by atoms with Gasteiger partial charge in [-0.1, -0.05) is 6.07 Å². The Hall–Kier alpha value is -1.47. The van der Waals surface area contributed by atoms with Gasteiger partial charge in [0.05, 0.1) is 0 Å². The van der Waals surface area contributed by atoms with Crippen LogP contribution in [0.15, 0.2) is 24.3 Å². The van der Waals surface area contributed by atoms with Crippen molar-refractivity contribution in [2.24, 2.45) is 11.7 Å². The molecule has 1 fully saturated rings. The third-order valence-electron chi connectivity index (χ3n) is 3.57. The zero-order valence-corrected chi connectivity index (χ0v) is 12.8. The number of alkyl halides is 3. The number of ether oxygens (including phenoxy) is 1. The van der Waals surface area contributed by atoms with Gasteiger partial charge < -0.3 is 15.4 Å². The largest absolute Gasteiger partial charge is 0.573 e. The topological polar surface area (TPSA) is 55.6 Å². The molecule has 1 amide bonds. The summed E-state index contributed by atoms with van der Waals surface area (Å²) >= 11 is 0. The fraction of sp³-hybridized carbons (Fsp3) is 0.500. The smallest absolute Gasteiger partial charge is 0.406 e. The summed E-state index contributed by atoms with van der Waals surface area (Å²) < 4.78 is 40.4. The summed E-state index contributed by atoms with van der Waals surface area (Å²) in [5.41, 5.74) is 5.99. The highest BCUT2D eigenvalue weighted by Gasteiger charge is 2.32. The highest BCUT2D eigenvalue weighted by molar-refractivity contribution is 5.94. The first-order valence-corrected chi connectivity index (χ1v) is 6.67. The Labute approximate surface area is 132 Å². The molecule has 0 radical (unpaired) electrons. The number of hydrogen-bond donors (Lipinski definition) is 1. The predicted molar refractivity (Wildman–Crippen MR) is 78.0 cm³/mol. The summed E-state index contributed by atoms with van der Waals surface area (Å²) in [6.45, 7) is 2.98. The molecule has 1 aliphatic heterocycles. The number of likely N-dealkylation sites (tertiary alicyclic amines) is 1. The molecule has 0 aromatic heterocycles. The second-order valence-corrected chi connectivity index (χ2v) is 5.23. The SMILES string of the molecule is CC(N)C1CCN(C(=O)c2cccc(OC(F)(F)F)c2)C1.Cl. The molecule has 1 aromatic carbocycles. The van der Waals surface area contributed by atoms with Crippen molar-refractivity contribution < 1.29 is 22.7 Å². The Morgan fingerprint density at radius 1 is 1.45 bits per heavy atom. The number of amides is 1. The van der Waals surface area contributed by atoms with E-state index < -0.39 is 12.1 Å². The Balaban J connectivity index is 0.00000242. The molecule has 2 unspecified atom stereocenters. The van der Waals surface area contributed by atoms with E-state index in [9.17, 15) is 18.0 Å². The molecule has 4 nitrogen and oxygen atoms in total.